The topological polar surface area (TPSA) is 117 Å². The van der Waals surface area contributed by atoms with Crippen molar-refractivity contribution in [3.8, 4) is 0 Å². The second-order valence-electron chi connectivity index (χ2n) is 6.24. The Morgan fingerprint density at radius 3 is 2.32 bits per heavy atom. The molecule has 1 aliphatic rings. The number of hydrogen-bond donors (Lipinski definition) is 3. The number of nitrogen functional groups attached to an aromatic ring is 1. The summed E-state index contributed by atoms with van der Waals surface area (Å²) in [5, 5.41) is 15.9. The van der Waals surface area contributed by atoms with Crippen LogP contribution in [0.2, 0.25) is 0 Å². The average molecular weight is 345 g/mol. The van der Waals surface area contributed by atoms with Gasteiger partial charge >= 0.3 is 11.9 Å². The Kier molecular flexibility index (Phi) is 5.46. The van der Waals surface area contributed by atoms with E-state index in [0.29, 0.717) is 0 Å². The van der Waals surface area contributed by atoms with E-state index in [9.17, 15) is 0 Å². The monoisotopic (exact) mass is 345 g/mol. The van der Waals surface area contributed by atoms with Crippen LogP contribution in [-0.2, 0) is 16.0 Å². The number of aliphatic carboxylic acids is 2. The van der Waals surface area contributed by atoms with Crippen LogP contribution in [0.25, 0.3) is 10.9 Å². The zero-order chi connectivity index (χ0) is 18.7. The number of nitrogens with two attached hydrogens (primary N) is 1. The standard InChI is InChI=1S/C16H21N3.C2H2O4/c1-10-7-8-11(2)15-13(10)14(17)12-6-4-5-9-19(3)16(12)18-15;3-1(4)2(5)6/h7-8H,4-6,9H2,1-3H3,(H2,17,18);(H,3,4)(H,5,6). The van der Waals surface area contributed by atoms with Gasteiger partial charge in [0, 0.05) is 30.2 Å². The minimum Gasteiger partial charge on any atom is -0.473 e. The molecule has 134 valence electrons. The van der Waals surface area contributed by atoms with E-state index in [1.165, 1.54) is 29.5 Å². The fourth-order valence-corrected chi connectivity index (χ4v) is 3.04. The second kappa shape index (κ2) is 7.38. The molecule has 7 nitrogen and oxygen atoms in total. The normalized spacial score (nSPS) is 13.5. The quantitative estimate of drug-likeness (QED) is 0.627. The van der Waals surface area contributed by atoms with Gasteiger partial charge in [0.15, 0.2) is 0 Å². The maximum atomic E-state index is 9.10. The molecule has 3 rings (SSSR count). The summed E-state index contributed by atoms with van der Waals surface area (Å²) in [7, 11) is 2.12. The maximum Gasteiger partial charge on any atom is 0.414 e. The first-order chi connectivity index (χ1) is 11.7. The van der Waals surface area contributed by atoms with Crippen LogP contribution in [0.15, 0.2) is 12.1 Å². The van der Waals surface area contributed by atoms with Crippen molar-refractivity contribution in [3.05, 3.63) is 28.8 Å². The minimum atomic E-state index is -1.82. The first kappa shape index (κ1) is 18.5. The van der Waals surface area contributed by atoms with E-state index in [4.69, 9.17) is 30.5 Å². The third-order valence-corrected chi connectivity index (χ3v) is 4.38. The van der Waals surface area contributed by atoms with Crippen molar-refractivity contribution in [1.29, 1.82) is 0 Å². The molecule has 25 heavy (non-hydrogen) atoms. The molecule has 2 aromatic rings. The Labute approximate surface area is 146 Å². The lowest BCUT2D eigenvalue weighted by molar-refractivity contribution is -0.159. The zero-order valence-electron chi connectivity index (χ0n) is 14.7. The largest absolute Gasteiger partial charge is 0.473 e. The number of pyridine rings is 1. The first-order valence-electron chi connectivity index (χ1n) is 8.09. The number of rotatable bonds is 0. The van der Waals surface area contributed by atoms with E-state index in [-0.39, 0.29) is 0 Å². The molecule has 0 amide bonds. The van der Waals surface area contributed by atoms with E-state index in [1.54, 1.807) is 0 Å². The summed E-state index contributed by atoms with van der Waals surface area (Å²) in [6, 6.07) is 4.27. The molecular weight excluding hydrogens is 322 g/mol. The summed E-state index contributed by atoms with van der Waals surface area (Å²) in [5.74, 6) is -2.57. The molecular formula is C18H23N3O4. The number of aromatic nitrogens is 1. The van der Waals surface area contributed by atoms with Gasteiger partial charge < -0.3 is 20.8 Å². The number of carbonyl (C=O) groups is 2. The fourth-order valence-electron chi connectivity index (χ4n) is 3.04. The number of carboxylic acid groups (broad SMARTS) is 2. The Bertz CT molecular complexity index is 821. The van der Waals surface area contributed by atoms with Crippen LogP contribution in [0.4, 0.5) is 11.5 Å². The molecule has 0 saturated heterocycles. The molecule has 0 aliphatic carbocycles. The molecule has 0 saturated carbocycles. The Balaban J connectivity index is 0.000000326. The lowest BCUT2D eigenvalue weighted by Gasteiger charge is -2.21. The fraction of sp³-hybridized carbons (Fsp3) is 0.389. The summed E-state index contributed by atoms with van der Waals surface area (Å²) in [4.78, 5) is 25.4. The molecule has 0 unspecified atom stereocenters. The molecule has 7 heteroatoms. The second-order valence-corrected chi connectivity index (χ2v) is 6.24. The maximum absolute atomic E-state index is 9.10. The number of anilines is 2. The molecule has 1 aromatic carbocycles. The van der Waals surface area contributed by atoms with Crippen LogP contribution in [0.3, 0.4) is 0 Å². The van der Waals surface area contributed by atoms with Crippen molar-refractivity contribution in [1.82, 2.24) is 4.98 Å². The van der Waals surface area contributed by atoms with Gasteiger partial charge in [-0.05, 0) is 44.2 Å². The van der Waals surface area contributed by atoms with E-state index in [0.717, 1.165) is 35.4 Å². The number of aryl methyl sites for hydroxylation is 2. The van der Waals surface area contributed by atoms with Crippen molar-refractivity contribution in [3.63, 3.8) is 0 Å². The number of carboxylic acids is 2. The Morgan fingerprint density at radius 2 is 1.72 bits per heavy atom. The lowest BCUT2D eigenvalue weighted by Crippen LogP contribution is -2.20. The van der Waals surface area contributed by atoms with E-state index in [2.05, 4.69) is 37.9 Å². The van der Waals surface area contributed by atoms with Gasteiger partial charge in [0.05, 0.1) is 5.52 Å². The first-order valence-corrected chi connectivity index (χ1v) is 8.09. The van der Waals surface area contributed by atoms with Crippen molar-refractivity contribution < 1.29 is 19.8 Å². The van der Waals surface area contributed by atoms with Gasteiger partial charge in [0.1, 0.15) is 5.82 Å². The molecule has 0 fully saturated rings. The van der Waals surface area contributed by atoms with Crippen LogP contribution in [0.1, 0.15) is 29.5 Å². The van der Waals surface area contributed by atoms with E-state index >= 15 is 0 Å². The summed E-state index contributed by atoms with van der Waals surface area (Å²) in [5.41, 5.74) is 12.1. The van der Waals surface area contributed by atoms with Crippen LogP contribution in [0.5, 0.6) is 0 Å². The molecule has 2 heterocycles. The number of benzene rings is 1. The van der Waals surface area contributed by atoms with Gasteiger partial charge in [-0.1, -0.05) is 12.1 Å². The van der Waals surface area contributed by atoms with Gasteiger partial charge in [0.25, 0.3) is 0 Å². The summed E-state index contributed by atoms with van der Waals surface area (Å²) < 4.78 is 0. The molecule has 4 N–H and O–H groups in total. The number of nitrogens with zero attached hydrogens (tertiary/aromatic N) is 2. The van der Waals surface area contributed by atoms with E-state index < -0.39 is 11.9 Å². The van der Waals surface area contributed by atoms with Gasteiger partial charge in [-0.3, -0.25) is 0 Å². The predicted molar refractivity (Wildman–Crippen MR) is 97.1 cm³/mol. The smallest absolute Gasteiger partial charge is 0.414 e. The Hall–Kier alpha value is -2.83. The Morgan fingerprint density at radius 1 is 1.12 bits per heavy atom. The molecule has 0 bridgehead atoms. The molecule has 0 atom stereocenters. The molecule has 1 aliphatic heterocycles. The van der Waals surface area contributed by atoms with Crippen molar-refractivity contribution in [2.24, 2.45) is 0 Å². The van der Waals surface area contributed by atoms with Gasteiger partial charge in [-0.15, -0.1) is 0 Å². The SMILES string of the molecule is Cc1ccc(C)c2c(N)c3c(nc12)N(C)CCCC3.O=C(O)C(=O)O. The van der Waals surface area contributed by atoms with Gasteiger partial charge in [-0.25, -0.2) is 14.6 Å². The van der Waals surface area contributed by atoms with Crippen LogP contribution in [0, 0.1) is 13.8 Å². The third kappa shape index (κ3) is 3.81. The van der Waals surface area contributed by atoms with Crippen molar-refractivity contribution in [2.75, 3.05) is 24.2 Å². The predicted octanol–water partition coefficient (Wildman–Crippen LogP) is 2.36. The van der Waals surface area contributed by atoms with Crippen LogP contribution in [-0.4, -0.2) is 40.7 Å². The van der Waals surface area contributed by atoms with Crippen molar-refractivity contribution in [2.45, 2.75) is 33.1 Å². The summed E-state index contributed by atoms with van der Waals surface area (Å²) in [6.45, 7) is 5.29. The highest BCUT2D eigenvalue weighted by atomic mass is 16.4. The molecule has 1 aromatic heterocycles. The summed E-state index contributed by atoms with van der Waals surface area (Å²) >= 11 is 0. The zero-order valence-corrected chi connectivity index (χ0v) is 14.7. The van der Waals surface area contributed by atoms with E-state index in [1.807, 2.05) is 0 Å². The minimum absolute atomic E-state index is 0.940. The van der Waals surface area contributed by atoms with Crippen LogP contribution < -0.4 is 10.6 Å². The molecule has 0 spiro atoms. The van der Waals surface area contributed by atoms with Gasteiger partial charge in [0.2, 0.25) is 0 Å². The summed E-state index contributed by atoms with van der Waals surface area (Å²) in [6.07, 6.45) is 3.45. The number of fused-ring (bicyclic) bond motifs is 2. The molecule has 0 radical (unpaired) electrons. The van der Waals surface area contributed by atoms with Gasteiger partial charge in [-0.2, -0.15) is 0 Å². The highest BCUT2D eigenvalue weighted by molar-refractivity contribution is 6.27. The average Bonchev–Trinajstić information content (AvgIpc) is 2.74. The highest BCUT2D eigenvalue weighted by Crippen LogP contribution is 2.36. The number of hydrogen-bond acceptors (Lipinski definition) is 5. The van der Waals surface area contributed by atoms with Crippen molar-refractivity contribution >= 4 is 34.3 Å². The lowest BCUT2D eigenvalue weighted by atomic mass is 9.99. The van der Waals surface area contributed by atoms with Crippen LogP contribution >= 0.6 is 0 Å². The highest BCUT2D eigenvalue weighted by Gasteiger charge is 2.20. The third-order valence-electron chi connectivity index (χ3n) is 4.38.